The minimum atomic E-state index is 0. The fourth-order valence-corrected chi connectivity index (χ4v) is 1.82. The molecule has 5 heteroatoms. The number of ether oxygens (including phenoxy) is 1. The van der Waals surface area contributed by atoms with Gasteiger partial charge in [-0.1, -0.05) is 12.1 Å². The molecule has 0 aliphatic carbocycles. The molecule has 0 aliphatic rings. The fraction of sp³-hybridized carbons (Fsp3) is 0.533. The molecule has 1 N–H and O–H groups in total. The highest BCUT2D eigenvalue weighted by molar-refractivity contribution is 14.0. The molecule has 0 saturated heterocycles. The zero-order chi connectivity index (χ0) is 14.3. The van der Waals surface area contributed by atoms with E-state index in [9.17, 15) is 0 Å². The molecule has 0 spiro atoms. The lowest BCUT2D eigenvalue weighted by Crippen LogP contribution is -2.36. The summed E-state index contributed by atoms with van der Waals surface area (Å²) in [4.78, 5) is 6.58. The van der Waals surface area contributed by atoms with Crippen molar-refractivity contribution in [1.29, 1.82) is 0 Å². The minimum Gasteiger partial charge on any atom is -0.496 e. The summed E-state index contributed by atoms with van der Waals surface area (Å²) in [5.74, 6) is 1.88. The van der Waals surface area contributed by atoms with Crippen molar-refractivity contribution in [2.45, 2.75) is 20.3 Å². The van der Waals surface area contributed by atoms with E-state index < -0.39 is 0 Å². The molecule has 0 bridgehead atoms. The van der Waals surface area contributed by atoms with E-state index in [4.69, 9.17) is 4.74 Å². The minimum absolute atomic E-state index is 0. The lowest BCUT2D eigenvalue weighted by molar-refractivity contribution is 0.411. The van der Waals surface area contributed by atoms with E-state index in [1.807, 2.05) is 19.0 Å². The predicted octanol–water partition coefficient (Wildman–Crippen LogP) is 2.69. The lowest BCUT2D eigenvalue weighted by Gasteiger charge is -2.16. The first kappa shape index (κ1) is 19.0. The molecule has 0 amide bonds. The maximum absolute atomic E-state index is 5.33. The number of hydrogen-bond acceptors (Lipinski definition) is 2. The van der Waals surface area contributed by atoms with Gasteiger partial charge in [0.15, 0.2) is 5.96 Å². The number of rotatable bonds is 5. The Hall–Kier alpha value is -0.980. The second kappa shape index (κ2) is 9.85. The molecule has 1 rings (SSSR count). The van der Waals surface area contributed by atoms with Gasteiger partial charge in [0, 0.05) is 27.2 Å². The van der Waals surface area contributed by atoms with Crippen LogP contribution in [0.5, 0.6) is 5.75 Å². The molecular formula is C15H26IN3O. The predicted molar refractivity (Wildman–Crippen MR) is 96.5 cm³/mol. The summed E-state index contributed by atoms with van der Waals surface area (Å²) in [6, 6.07) is 6.32. The largest absolute Gasteiger partial charge is 0.496 e. The molecule has 1 aromatic carbocycles. The first-order chi connectivity index (χ1) is 9.08. The van der Waals surface area contributed by atoms with Crippen molar-refractivity contribution in [3.8, 4) is 5.75 Å². The Morgan fingerprint density at radius 3 is 2.60 bits per heavy atom. The molecule has 0 unspecified atom stereocenters. The highest BCUT2D eigenvalue weighted by Crippen LogP contribution is 2.19. The van der Waals surface area contributed by atoms with E-state index in [1.165, 1.54) is 5.56 Å². The van der Waals surface area contributed by atoms with Crippen LogP contribution in [0.2, 0.25) is 0 Å². The van der Waals surface area contributed by atoms with Gasteiger partial charge < -0.3 is 15.0 Å². The molecular weight excluding hydrogens is 365 g/mol. The molecule has 0 fully saturated rings. The Bertz CT molecular complexity index is 433. The highest BCUT2D eigenvalue weighted by atomic mass is 127. The van der Waals surface area contributed by atoms with Crippen molar-refractivity contribution in [3.05, 3.63) is 29.3 Å². The first-order valence-electron chi connectivity index (χ1n) is 6.67. The van der Waals surface area contributed by atoms with Gasteiger partial charge in [0.1, 0.15) is 5.75 Å². The van der Waals surface area contributed by atoms with Gasteiger partial charge in [-0.15, -0.1) is 24.0 Å². The molecule has 4 nitrogen and oxygen atoms in total. The molecule has 114 valence electrons. The molecule has 0 radical (unpaired) electrons. The van der Waals surface area contributed by atoms with Crippen molar-refractivity contribution in [3.63, 3.8) is 0 Å². The van der Waals surface area contributed by atoms with Crippen LogP contribution in [0, 0.1) is 6.92 Å². The van der Waals surface area contributed by atoms with Crippen molar-refractivity contribution in [2.75, 3.05) is 34.3 Å². The Kier molecular flexibility index (Phi) is 9.37. The standard InChI is InChI=1S/C15H25N3O.HI/c1-6-16-15(18(3)4)17-10-9-13-8-7-12(2)14(11-13)19-5;/h7-8,11H,6,9-10H2,1-5H3,(H,16,17);1H. The maximum Gasteiger partial charge on any atom is 0.193 e. The van der Waals surface area contributed by atoms with Crippen LogP contribution in [0.25, 0.3) is 0 Å². The quantitative estimate of drug-likeness (QED) is 0.477. The highest BCUT2D eigenvalue weighted by Gasteiger charge is 2.02. The number of nitrogens with zero attached hydrogens (tertiary/aromatic N) is 2. The molecule has 20 heavy (non-hydrogen) atoms. The summed E-state index contributed by atoms with van der Waals surface area (Å²) in [7, 11) is 5.70. The second-order valence-electron chi connectivity index (χ2n) is 4.68. The third kappa shape index (κ3) is 5.98. The van der Waals surface area contributed by atoms with Gasteiger partial charge in [-0.25, -0.2) is 0 Å². The average molecular weight is 391 g/mol. The zero-order valence-corrected chi connectivity index (χ0v) is 15.4. The van der Waals surface area contributed by atoms with Crippen LogP contribution in [-0.4, -0.2) is 45.2 Å². The van der Waals surface area contributed by atoms with E-state index in [2.05, 4.69) is 42.4 Å². The molecule has 0 saturated carbocycles. The molecule has 0 atom stereocenters. The van der Waals surface area contributed by atoms with Crippen molar-refractivity contribution >= 4 is 29.9 Å². The van der Waals surface area contributed by atoms with Crippen LogP contribution in [-0.2, 0) is 6.42 Å². The summed E-state index contributed by atoms with van der Waals surface area (Å²) >= 11 is 0. The number of guanidine groups is 1. The number of aliphatic imine (C=N–C) groups is 1. The van der Waals surface area contributed by atoms with Gasteiger partial charge in [0.05, 0.1) is 7.11 Å². The number of hydrogen-bond donors (Lipinski definition) is 1. The van der Waals surface area contributed by atoms with E-state index in [0.29, 0.717) is 0 Å². The van der Waals surface area contributed by atoms with Crippen LogP contribution >= 0.6 is 24.0 Å². The Balaban J connectivity index is 0.00000361. The van der Waals surface area contributed by atoms with Crippen molar-refractivity contribution in [1.82, 2.24) is 10.2 Å². The lowest BCUT2D eigenvalue weighted by atomic mass is 10.1. The van der Waals surface area contributed by atoms with Crippen LogP contribution in [0.3, 0.4) is 0 Å². The smallest absolute Gasteiger partial charge is 0.193 e. The summed E-state index contributed by atoms with van der Waals surface area (Å²) in [5, 5.41) is 3.25. The molecule has 0 aliphatic heterocycles. The van der Waals surface area contributed by atoms with E-state index in [1.54, 1.807) is 7.11 Å². The van der Waals surface area contributed by atoms with Crippen LogP contribution in [0.4, 0.5) is 0 Å². The summed E-state index contributed by atoms with van der Waals surface area (Å²) < 4.78 is 5.33. The van der Waals surface area contributed by atoms with Crippen LogP contribution in [0.15, 0.2) is 23.2 Å². The monoisotopic (exact) mass is 391 g/mol. The average Bonchev–Trinajstić information content (AvgIpc) is 2.39. The maximum atomic E-state index is 5.33. The van der Waals surface area contributed by atoms with Gasteiger partial charge >= 0.3 is 0 Å². The van der Waals surface area contributed by atoms with Crippen LogP contribution < -0.4 is 10.1 Å². The van der Waals surface area contributed by atoms with E-state index in [0.717, 1.165) is 36.8 Å². The summed E-state index contributed by atoms with van der Waals surface area (Å²) in [6.45, 7) is 5.78. The third-order valence-corrected chi connectivity index (χ3v) is 2.89. The third-order valence-electron chi connectivity index (χ3n) is 2.89. The normalized spacial score (nSPS) is 10.8. The van der Waals surface area contributed by atoms with Crippen molar-refractivity contribution < 1.29 is 4.74 Å². The SMILES string of the molecule is CCNC(=NCCc1ccc(C)c(OC)c1)N(C)C.I. The van der Waals surface area contributed by atoms with E-state index >= 15 is 0 Å². The molecule has 0 heterocycles. The number of benzene rings is 1. The van der Waals surface area contributed by atoms with Gasteiger partial charge in [-0.05, 0) is 37.5 Å². The summed E-state index contributed by atoms with van der Waals surface area (Å²) in [6.07, 6.45) is 0.916. The Morgan fingerprint density at radius 1 is 1.35 bits per heavy atom. The second-order valence-corrected chi connectivity index (χ2v) is 4.68. The molecule has 1 aromatic rings. The number of halogens is 1. The Labute approximate surface area is 139 Å². The van der Waals surface area contributed by atoms with Gasteiger partial charge in [-0.2, -0.15) is 0 Å². The fourth-order valence-electron chi connectivity index (χ4n) is 1.82. The topological polar surface area (TPSA) is 36.9 Å². The van der Waals surface area contributed by atoms with Gasteiger partial charge in [0.25, 0.3) is 0 Å². The Morgan fingerprint density at radius 2 is 2.05 bits per heavy atom. The van der Waals surface area contributed by atoms with Gasteiger partial charge in [0.2, 0.25) is 0 Å². The first-order valence-corrected chi connectivity index (χ1v) is 6.67. The van der Waals surface area contributed by atoms with Crippen molar-refractivity contribution in [2.24, 2.45) is 4.99 Å². The summed E-state index contributed by atoms with van der Waals surface area (Å²) in [5.41, 5.74) is 2.41. The molecule has 0 aromatic heterocycles. The number of methoxy groups -OCH3 is 1. The van der Waals surface area contributed by atoms with Crippen LogP contribution in [0.1, 0.15) is 18.1 Å². The van der Waals surface area contributed by atoms with Gasteiger partial charge in [-0.3, -0.25) is 4.99 Å². The zero-order valence-electron chi connectivity index (χ0n) is 13.1. The number of nitrogens with one attached hydrogen (secondary N) is 1. The number of aryl methyl sites for hydroxylation is 1. The van der Waals surface area contributed by atoms with E-state index in [-0.39, 0.29) is 24.0 Å².